The van der Waals surface area contributed by atoms with E-state index in [1.165, 1.54) is 58.2 Å². The first-order chi connectivity index (χ1) is 21.2. The highest BCUT2D eigenvalue weighted by Gasteiger charge is 2.37. The highest BCUT2D eigenvalue weighted by atomic mass is 19.3. The van der Waals surface area contributed by atoms with Crippen molar-refractivity contribution in [3.8, 4) is 11.8 Å². The van der Waals surface area contributed by atoms with Gasteiger partial charge in [0.25, 0.3) is 17.7 Å². The molecular formula is C33H30F2N6O3. The second-order valence-corrected chi connectivity index (χ2v) is 11.2. The molecule has 224 valence electrons. The number of amides is 2. The van der Waals surface area contributed by atoms with Crippen molar-refractivity contribution in [3.05, 3.63) is 107 Å². The fourth-order valence-corrected chi connectivity index (χ4v) is 5.75. The second-order valence-electron chi connectivity index (χ2n) is 11.2. The van der Waals surface area contributed by atoms with Crippen LogP contribution in [0.1, 0.15) is 50.9 Å². The normalized spacial score (nSPS) is 18.5. The average Bonchev–Trinajstić information content (AvgIpc) is 3.64. The number of nitrogens with zero attached hydrogens (tertiary/aromatic N) is 5. The van der Waals surface area contributed by atoms with E-state index in [0.717, 1.165) is 19.5 Å². The van der Waals surface area contributed by atoms with Crippen LogP contribution in [0, 0.1) is 11.3 Å². The van der Waals surface area contributed by atoms with Gasteiger partial charge in [0, 0.05) is 35.6 Å². The zero-order valence-electron chi connectivity index (χ0n) is 24.2. The van der Waals surface area contributed by atoms with Crippen molar-refractivity contribution < 1.29 is 23.1 Å². The quantitative estimate of drug-likeness (QED) is 0.312. The molecule has 2 aliphatic rings. The fraction of sp³-hybridized carbons (Fsp3) is 0.273. The van der Waals surface area contributed by atoms with Crippen molar-refractivity contribution >= 4 is 23.2 Å². The summed E-state index contributed by atoms with van der Waals surface area (Å²) in [7, 11) is 2.01. The first kappa shape index (κ1) is 29.0. The number of fused-ring (bicyclic) bond motifs is 1. The van der Waals surface area contributed by atoms with Gasteiger partial charge in [-0.15, -0.1) is 0 Å². The summed E-state index contributed by atoms with van der Waals surface area (Å²) in [5, 5.41) is 16.7. The van der Waals surface area contributed by atoms with Crippen LogP contribution in [0.3, 0.4) is 0 Å². The Labute approximate surface area is 253 Å². The van der Waals surface area contributed by atoms with Crippen LogP contribution in [-0.2, 0) is 12.5 Å². The molecule has 4 aromatic rings. The maximum Gasteiger partial charge on any atom is 0.298 e. The number of carbonyl (C=O) groups excluding carboxylic acids is 2. The number of benzene rings is 3. The molecule has 0 aliphatic carbocycles. The van der Waals surface area contributed by atoms with Gasteiger partial charge in [0.2, 0.25) is 0 Å². The molecule has 6 rings (SSSR count). The Hall–Kier alpha value is -5.08. The summed E-state index contributed by atoms with van der Waals surface area (Å²) in [6.45, 7) is 3.81. The Balaban J connectivity index is 1.21. The topological polar surface area (TPSA) is 103 Å². The highest BCUT2D eigenvalue weighted by molar-refractivity contribution is 6.15. The lowest BCUT2D eigenvalue weighted by molar-refractivity contribution is 0.0428. The van der Waals surface area contributed by atoms with Gasteiger partial charge >= 0.3 is 0 Å². The highest BCUT2D eigenvalue weighted by Crippen LogP contribution is 2.37. The molecule has 1 N–H and O–H groups in total. The van der Waals surface area contributed by atoms with Gasteiger partial charge in [-0.2, -0.15) is 19.1 Å². The standard InChI is InChI=1S/C33H30F2N6O3/c1-21-19-40-30(32(43)41(21)26-11-8-24(9-12-26)33(34,35)23-6-4-3-5-7-23)28(18-37-40)31(42)38-25-10-13-29(22(16-25)17-36)44-27-14-15-39(2)20-27/h3-13,16,18,21,27H,14-15,19-20H2,1-2H3,(H,38,42)/t21-,27?/m0/s1. The van der Waals surface area contributed by atoms with Gasteiger partial charge in [-0.05, 0) is 50.7 Å². The molecule has 1 aromatic heterocycles. The van der Waals surface area contributed by atoms with Gasteiger partial charge in [-0.25, -0.2) is 0 Å². The van der Waals surface area contributed by atoms with E-state index < -0.39 is 17.7 Å². The molecule has 2 aliphatic heterocycles. The van der Waals surface area contributed by atoms with Crippen LogP contribution in [0.2, 0.25) is 0 Å². The predicted molar refractivity (Wildman–Crippen MR) is 160 cm³/mol. The van der Waals surface area contributed by atoms with Crippen molar-refractivity contribution in [2.24, 2.45) is 0 Å². The van der Waals surface area contributed by atoms with Gasteiger partial charge < -0.3 is 19.9 Å². The number of likely N-dealkylation sites (tertiary alicyclic amines) is 1. The molecule has 1 saturated heterocycles. The van der Waals surface area contributed by atoms with Crippen LogP contribution in [0.4, 0.5) is 20.2 Å². The molecule has 9 nitrogen and oxygen atoms in total. The second kappa shape index (κ2) is 11.5. The first-order valence-electron chi connectivity index (χ1n) is 14.3. The van der Waals surface area contributed by atoms with E-state index in [9.17, 15) is 14.9 Å². The van der Waals surface area contributed by atoms with Crippen molar-refractivity contribution in [2.45, 2.75) is 38.0 Å². The Morgan fingerprint density at radius 2 is 1.80 bits per heavy atom. The van der Waals surface area contributed by atoms with Crippen molar-refractivity contribution in [3.63, 3.8) is 0 Å². The number of halogens is 2. The number of rotatable bonds is 7. The Morgan fingerprint density at radius 1 is 1.07 bits per heavy atom. The summed E-state index contributed by atoms with van der Waals surface area (Å²) in [5.74, 6) is -3.80. The number of anilines is 2. The number of nitriles is 1. The smallest absolute Gasteiger partial charge is 0.298 e. The molecule has 0 saturated carbocycles. The average molecular weight is 597 g/mol. The minimum atomic E-state index is -3.20. The van der Waals surface area contributed by atoms with Crippen LogP contribution >= 0.6 is 0 Å². The maximum atomic E-state index is 15.1. The van der Waals surface area contributed by atoms with Crippen LogP contribution in [0.25, 0.3) is 0 Å². The summed E-state index contributed by atoms with van der Waals surface area (Å²) < 4.78 is 37.7. The number of nitrogens with one attached hydrogen (secondary N) is 1. The number of likely N-dealkylation sites (N-methyl/N-ethyl adjacent to an activating group) is 1. The lowest BCUT2D eigenvalue weighted by atomic mass is 9.99. The summed E-state index contributed by atoms with van der Waals surface area (Å²) in [6, 6.07) is 19.7. The third-order valence-electron chi connectivity index (χ3n) is 8.03. The van der Waals surface area contributed by atoms with Gasteiger partial charge in [0.05, 0.1) is 29.9 Å². The number of hydrogen-bond acceptors (Lipinski definition) is 6. The van der Waals surface area contributed by atoms with E-state index in [2.05, 4.69) is 21.4 Å². The third-order valence-corrected chi connectivity index (χ3v) is 8.03. The number of alkyl halides is 2. The first-order valence-corrected chi connectivity index (χ1v) is 14.3. The monoisotopic (exact) mass is 596 g/mol. The molecule has 11 heteroatoms. The minimum Gasteiger partial charge on any atom is -0.488 e. The molecule has 1 fully saturated rings. The molecule has 0 bridgehead atoms. The van der Waals surface area contributed by atoms with Crippen LogP contribution in [0.5, 0.6) is 5.75 Å². The minimum absolute atomic E-state index is 0.0145. The number of ether oxygens (including phenoxy) is 1. The zero-order valence-corrected chi connectivity index (χ0v) is 24.2. The predicted octanol–water partition coefficient (Wildman–Crippen LogP) is 5.28. The van der Waals surface area contributed by atoms with Crippen LogP contribution in [0.15, 0.2) is 79.0 Å². The van der Waals surface area contributed by atoms with Crippen molar-refractivity contribution in [1.82, 2.24) is 14.7 Å². The van der Waals surface area contributed by atoms with Gasteiger partial charge in [-0.1, -0.05) is 42.5 Å². The van der Waals surface area contributed by atoms with E-state index in [1.807, 2.05) is 14.0 Å². The van der Waals surface area contributed by atoms with Gasteiger partial charge in [0.15, 0.2) is 0 Å². The number of carbonyl (C=O) groups is 2. The summed E-state index contributed by atoms with van der Waals surface area (Å²) >= 11 is 0. The molecular weight excluding hydrogens is 566 g/mol. The van der Waals surface area contributed by atoms with Crippen LogP contribution in [-0.4, -0.2) is 58.8 Å². The summed E-state index contributed by atoms with van der Waals surface area (Å²) in [6.07, 6.45) is 2.18. The summed E-state index contributed by atoms with van der Waals surface area (Å²) in [5.41, 5.74) is 0.907. The van der Waals surface area contributed by atoms with Gasteiger partial charge in [-0.3, -0.25) is 14.3 Å². The Bertz CT molecular complexity index is 1750. The fourth-order valence-electron chi connectivity index (χ4n) is 5.75. The van der Waals surface area contributed by atoms with E-state index in [-0.39, 0.29) is 40.1 Å². The molecule has 3 aromatic carbocycles. The van der Waals surface area contributed by atoms with Crippen molar-refractivity contribution in [1.29, 1.82) is 5.26 Å². The van der Waals surface area contributed by atoms with E-state index in [0.29, 0.717) is 23.7 Å². The molecule has 1 unspecified atom stereocenters. The summed E-state index contributed by atoms with van der Waals surface area (Å²) in [4.78, 5) is 30.8. The lowest BCUT2D eigenvalue weighted by Gasteiger charge is -2.34. The molecule has 0 radical (unpaired) electrons. The van der Waals surface area contributed by atoms with E-state index >= 15 is 8.78 Å². The largest absolute Gasteiger partial charge is 0.488 e. The third kappa shape index (κ3) is 5.40. The SMILES string of the molecule is C[C@H]1Cn2ncc(C(=O)Nc3ccc(OC4CCN(C)C4)c(C#N)c3)c2C(=O)N1c1ccc(C(F)(F)c2ccccc2)cc1. The number of hydrogen-bond donors (Lipinski definition) is 1. The lowest BCUT2D eigenvalue weighted by Crippen LogP contribution is -2.47. The number of aromatic nitrogens is 2. The molecule has 2 amide bonds. The molecule has 0 spiro atoms. The molecule has 3 heterocycles. The molecule has 2 atom stereocenters. The molecule has 44 heavy (non-hydrogen) atoms. The van der Waals surface area contributed by atoms with Crippen LogP contribution < -0.4 is 15.0 Å². The maximum absolute atomic E-state index is 15.1. The van der Waals surface area contributed by atoms with Crippen molar-refractivity contribution in [2.75, 3.05) is 30.4 Å². The Kier molecular flexibility index (Phi) is 7.61. The van der Waals surface area contributed by atoms with E-state index in [4.69, 9.17) is 4.74 Å². The van der Waals surface area contributed by atoms with Gasteiger partial charge in [0.1, 0.15) is 23.6 Å². The van der Waals surface area contributed by atoms with E-state index in [1.54, 1.807) is 30.3 Å². The zero-order chi connectivity index (χ0) is 31.0. The Morgan fingerprint density at radius 3 is 2.48 bits per heavy atom.